The first-order valence-corrected chi connectivity index (χ1v) is 6.85. The first kappa shape index (κ1) is 12.8. The fourth-order valence-corrected chi connectivity index (χ4v) is 3.07. The summed E-state index contributed by atoms with van der Waals surface area (Å²) in [5.41, 5.74) is 5.23. The zero-order valence-electron chi connectivity index (χ0n) is 10.5. The van der Waals surface area contributed by atoms with Crippen LogP contribution in [0.3, 0.4) is 0 Å². The van der Waals surface area contributed by atoms with Gasteiger partial charge in [0.15, 0.2) is 0 Å². The molecule has 4 heteroatoms. The van der Waals surface area contributed by atoms with Crippen molar-refractivity contribution in [2.24, 2.45) is 11.7 Å². The van der Waals surface area contributed by atoms with Gasteiger partial charge in [0.1, 0.15) is 0 Å². The third-order valence-electron chi connectivity index (χ3n) is 4.21. The number of aliphatic hydroxyl groups is 1. The molecule has 0 bridgehead atoms. The summed E-state index contributed by atoms with van der Waals surface area (Å²) in [6.07, 6.45) is 7.59. The Balaban J connectivity index is 1.76. The van der Waals surface area contributed by atoms with Crippen molar-refractivity contribution in [3.8, 4) is 0 Å². The van der Waals surface area contributed by atoms with Crippen LogP contribution in [0.4, 0.5) is 0 Å². The van der Waals surface area contributed by atoms with Gasteiger partial charge in [-0.2, -0.15) is 0 Å². The van der Waals surface area contributed by atoms with Gasteiger partial charge in [0.05, 0.1) is 5.60 Å². The van der Waals surface area contributed by atoms with E-state index in [1.165, 1.54) is 0 Å². The van der Waals surface area contributed by atoms with Gasteiger partial charge in [-0.05, 0) is 32.1 Å². The molecule has 0 radical (unpaired) electrons. The Hall–Kier alpha value is -0.610. The van der Waals surface area contributed by atoms with Crippen LogP contribution in [0.1, 0.15) is 51.4 Å². The lowest BCUT2D eigenvalue weighted by Gasteiger charge is -2.28. The number of hydrogen-bond donors (Lipinski definition) is 3. The summed E-state index contributed by atoms with van der Waals surface area (Å²) in [6.45, 7) is 0.414. The maximum absolute atomic E-state index is 12.0. The molecule has 2 rings (SSSR count). The molecule has 2 unspecified atom stereocenters. The van der Waals surface area contributed by atoms with Crippen LogP contribution in [0.25, 0.3) is 0 Å². The van der Waals surface area contributed by atoms with Gasteiger partial charge in [0.25, 0.3) is 0 Å². The molecule has 0 saturated heterocycles. The Bertz CT molecular complexity index is 275. The molecule has 0 aromatic rings. The summed E-state index contributed by atoms with van der Waals surface area (Å²) in [5, 5.41) is 13.1. The van der Waals surface area contributed by atoms with Crippen molar-refractivity contribution < 1.29 is 9.90 Å². The van der Waals surface area contributed by atoms with E-state index in [2.05, 4.69) is 5.32 Å². The van der Waals surface area contributed by atoms with E-state index in [4.69, 9.17) is 5.73 Å². The van der Waals surface area contributed by atoms with E-state index in [-0.39, 0.29) is 17.9 Å². The zero-order valence-corrected chi connectivity index (χ0v) is 10.5. The topological polar surface area (TPSA) is 75.4 Å². The van der Waals surface area contributed by atoms with Gasteiger partial charge in [-0.3, -0.25) is 4.79 Å². The first-order valence-electron chi connectivity index (χ1n) is 6.85. The molecule has 2 aliphatic rings. The average molecular weight is 240 g/mol. The highest BCUT2D eigenvalue weighted by Crippen LogP contribution is 2.29. The summed E-state index contributed by atoms with van der Waals surface area (Å²) in [4.78, 5) is 12.0. The van der Waals surface area contributed by atoms with Crippen molar-refractivity contribution in [1.82, 2.24) is 5.32 Å². The third-order valence-corrected chi connectivity index (χ3v) is 4.21. The number of rotatable bonds is 3. The highest BCUT2D eigenvalue weighted by Gasteiger charge is 2.32. The second-order valence-electron chi connectivity index (χ2n) is 5.77. The molecule has 0 aliphatic heterocycles. The lowest BCUT2D eigenvalue weighted by atomic mass is 9.85. The molecule has 17 heavy (non-hydrogen) atoms. The van der Waals surface area contributed by atoms with Crippen LogP contribution in [0.2, 0.25) is 0 Å². The van der Waals surface area contributed by atoms with Gasteiger partial charge in [-0.25, -0.2) is 0 Å². The summed E-state index contributed by atoms with van der Waals surface area (Å²) in [7, 11) is 0. The fraction of sp³-hybridized carbons (Fsp3) is 0.923. The molecule has 98 valence electrons. The second-order valence-corrected chi connectivity index (χ2v) is 5.77. The average Bonchev–Trinajstić information content (AvgIpc) is 2.74. The Morgan fingerprint density at radius 2 is 2.00 bits per heavy atom. The van der Waals surface area contributed by atoms with Crippen molar-refractivity contribution in [3.63, 3.8) is 0 Å². The van der Waals surface area contributed by atoms with Crippen LogP contribution in [0.15, 0.2) is 0 Å². The number of nitrogens with two attached hydrogens (primary N) is 1. The summed E-state index contributed by atoms with van der Waals surface area (Å²) < 4.78 is 0. The monoisotopic (exact) mass is 240 g/mol. The van der Waals surface area contributed by atoms with E-state index in [1.54, 1.807) is 0 Å². The highest BCUT2D eigenvalue weighted by molar-refractivity contribution is 5.78. The van der Waals surface area contributed by atoms with Crippen LogP contribution >= 0.6 is 0 Å². The minimum Gasteiger partial charge on any atom is -0.388 e. The summed E-state index contributed by atoms with van der Waals surface area (Å²) in [6, 6.07) is 0.175. The van der Waals surface area contributed by atoms with E-state index < -0.39 is 5.60 Å². The Morgan fingerprint density at radius 3 is 2.65 bits per heavy atom. The molecular weight excluding hydrogens is 216 g/mol. The molecule has 0 aromatic carbocycles. The summed E-state index contributed by atoms with van der Waals surface area (Å²) >= 11 is 0. The molecule has 4 N–H and O–H groups in total. The van der Waals surface area contributed by atoms with Crippen LogP contribution in [0.5, 0.6) is 0 Å². The molecule has 0 aromatic heterocycles. The standard InChI is InChI=1S/C13H24N2O2/c14-11-5-3-4-10(8-11)12(16)15-9-13(17)6-1-2-7-13/h10-11,17H,1-9,14H2,(H,15,16). The Kier molecular flexibility index (Phi) is 4.05. The molecule has 0 heterocycles. The number of hydrogen-bond acceptors (Lipinski definition) is 3. The maximum Gasteiger partial charge on any atom is 0.223 e. The number of nitrogens with one attached hydrogen (secondary N) is 1. The first-order chi connectivity index (χ1) is 8.09. The van der Waals surface area contributed by atoms with Gasteiger partial charge in [-0.15, -0.1) is 0 Å². The minimum atomic E-state index is -0.646. The quantitative estimate of drug-likeness (QED) is 0.687. The third kappa shape index (κ3) is 3.42. The van der Waals surface area contributed by atoms with E-state index in [9.17, 15) is 9.90 Å². The predicted molar refractivity (Wildman–Crippen MR) is 66.4 cm³/mol. The number of carbonyl (C=O) groups is 1. The molecule has 2 saturated carbocycles. The van der Waals surface area contributed by atoms with Crippen LogP contribution in [0, 0.1) is 5.92 Å². The van der Waals surface area contributed by atoms with E-state index in [0.717, 1.165) is 51.4 Å². The normalized spacial score (nSPS) is 32.4. The number of amides is 1. The zero-order chi connectivity index (χ0) is 12.3. The molecule has 0 spiro atoms. The van der Waals surface area contributed by atoms with Gasteiger partial charge in [-0.1, -0.05) is 19.3 Å². The lowest BCUT2D eigenvalue weighted by Crippen LogP contribution is -2.44. The van der Waals surface area contributed by atoms with E-state index in [1.807, 2.05) is 0 Å². The molecule has 4 nitrogen and oxygen atoms in total. The number of carbonyl (C=O) groups excluding carboxylic acids is 1. The summed E-state index contributed by atoms with van der Waals surface area (Å²) in [5.74, 6) is 0.143. The van der Waals surface area contributed by atoms with Crippen LogP contribution in [-0.4, -0.2) is 29.2 Å². The smallest absolute Gasteiger partial charge is 0.223 e. The van der Waals surface area contributed by atoms with Gasteiger partial charge in [0.2, 0.25) is 5.91 Å². The van der Waals surface area contributed by atoms with Crippen LogP contribution in [-0.2, 0) is 4.79 Å². The van der Waals surface area contributed by atoms with Gasteiger partial charge < -0.3 is 16.2 Å². The highest BCUT2D eigenvalue weighted by atomic mass is 16.3. The molecule has 1 amide bonds. The van der Waals surface area contributed by atoms with Crippen molar-refractivity contribution in [1.29, 1.82) is 0 Å². The van der Waals surface area contributed by atoms with Crippen molar-refractivity contribution in [3.05, 3.63) is 0 Å². The predicted octanol–water partition coefficient (Wildman–Crippen LogP) is 0.925. The molecule has 2 atom stereocenters. The Labute approximate surface area is 103 Å². The van der Waals surface area contributed by atoms with Crippen molar-refractivity contribution in [2.45, 2.75) is 63.0 Å². The van der Waals surface area contributed by atoms with Crippen LogP contribution < -0.4 is 11.1 Å². The van der Waals surface area contributed by atoms with Crippen molar-refractivity contribution >= 4 is 5.91 Å². The van der Waals surface area contributed by atoms with Gasteiger partial charge in [0, 0.05) is 18.5 Å². The fourth-order valence-electron chi connectivity index (χ4n) is 3.07. The SMILES string of the molecule is NC1CCCC(C(=O)NCC2(O)CCCC2)C1. The largest absolute Gasteiger partial charge is 0.388 e. The lowest BCUT2D eigenvalue weighted by molar-refractivity contribution is -0.127. The van der Waals surface area contributed by atoms with Crippen molar-refractivity contribution in [2.75, 3.05) is 6.54 Å². The second kappa shape index (κ2) is 5.36. The minimum absolute atomic E-state index is 0.0590. The van der Waals surface area contributed by atoms with E-state index in [0.29, 0.717) is 6.54 Å². The molecular formula is C13H24N2O2. The maximum atomic E-state index is 12.0. The Morgan fingerprint density at radius 1 is 1.29 bits per heavy atom. The van der Waals surface area contributed by atoms with Gasteiger partial charge >= 0.3 is 0 Å². The van der Waals surface area contributed by atoms with E-state index >= 15 is 0 Å². The molecule has 2 aliphatic carbocycles. The molecule has 2 fully saturated rings.